The van der Waals surface area contributed by atoms with Crippen molar-refractivity contribution in [2.45, 2.75) is 26.4 Å². The molecular weight excluding hydrogens is 344 g/mol. The highest BCUT2D eigenvalue weighted by Crippen LogP contribution is 2.29. The number of aromatic nitrogens is 1. The first kappa shape index (κ1) is 15.1. The average molecular weight is 358 g/mol. The zero-order chi connectivity index (χ0) is 14.9. The van der Waals surface area contributed by atoms with Gasteiger partial charge >= 0.3 is 6.09 Å². The van der Waals surface area contributed by atoms with E-state index in [1.54, 1.807) is 32.9 Å². The lowest BCUT2D eigenvalue weighted by Crippen LogP contribution is -2.27. The maximum absolute atomic E-state index is 11.7. The van der Waals surface area contributed by atoms with E-state index in [9.17, 15) is 4.79 Å². The zero-order valence-electron chi connectivity index (χ0n) is 11.3. The van der Waals surface area contributed by atoms with E-state index in [1.807, 2.05) is 12.1 Å². The lowest BCUT2D eigenvalue weighted by atomic mass is 10.2. The van der Waals surface area contributed by atoms with E-state index < -0.39 is 11.7 Å². The van der Waals surface area contributed by atoms with E-state index in [-0.39, 0.29) is 0 Å². The molecule has 0 spiro atoms. The number of carbonyl (C=O) groups is 1. The quantitative estimate of drug-likeness (QED) is 0.781. The number of nitrogens with zero attached hydrogens (tertiary/aromatic N) is 1. The number of amides is 1. The van der Waals surface area contributed by atoms with Crippen LogP contribution in [0.4, 0.5) is 10.6 Å². The second kappa shape index (κ2) is 5.58. The first-order chi connectivity index (χ1) is 9.26. The average Bonchev–Trinajstić information content (AvgIpc) is 2.31. The normalized spacial score (nSPS) is 11.4. The number of carbonyl (C=O) groups excluding carboxylic acids is 1. The minimum atomic E-state index is -0.554. The van der Waals surface area contributed by atoms with Crippen molar-refractivity contribution in [1.29, 1.82) is 0 Å². The smallest absolute Gasteiger partial charge is 0.413 e. The molecule has 0 saturated heterocycles. The number of anilines is 1. The predicted molar refractivity (Wildman–Crippen MR) is 84.3 cm³/mol. The molecule has 0 aliphatic rings. The standard InChI is InChI=1S/C14H14BrClN2O2/c1-14(2,3)20-13(19)18-11-7-4-8-9(15)5-6-10(16)12(8)17-11/h4-7H,1-3H3,(H,17,18,19). The molecule has 0 aliphatic heterocycles. The summed E-state index contributed by atoms with van der Waals surface area (Å²) >= 11 is 9.55. The first-order valence-electron chi connectivity index (χ1n) is 6.01. The molecule has 1 aromatic carbocycles. The largest absolute Gasteiger partial charge is 0.444 e. The van der Waals surface area contributed by atoms with Crippen molar-refractivity contribution >= 4 is 50.3 Å². The van der Waals surface area contributed by atoms with E-state index in [2.05, 4.69) is 26.2 Å². The van der Waals surface area contributed by atoms with Crippen molar-refractivity contribution in [1.82, 2.24) is 4.98 Å². The number of rotatable bonds is 1. The van der Waals surface area contributed by atoms with Gasteiger partial charge in [0.25, 0.3) is 0 Å². The number of fused-ring (bicyclic) bond motifs is 1. The minimum absolute atomic E-state index is 0.395. The summed E-state index contributed by atoms with van der Waals surface area (Å²) in [6, 6.07) is 7.14. The Morgan fingerprint density at radius 3 is 2.65 bits per heavy atom. The number of pyridine rings is 1. The second-order valence-electron chi connectivity index (χ2n) is 5.25. The predicted octanol–water partition coefficient (Wildman–Crippen LogP) is 5.00. The number of benzene rings is 1. The van der Waals surface area contributed by atoms with Gasteiger partial charge in [-0.3, -0.25) is 5.32 Å². The molecule has 0 saturated carbocycles. The number of ether oxygens (including phenoxy) is 1. The Labute approximate surface area is 130 Å². The fraction of sp³-hybridized carbons (Fsp3) is 0.286. The molecule has 1 N–H and O–H groups in total. The Morgan fingerprint density at radius 1 is 1.30 bits per heavy atom. The topological polar surface area (TPSA) is 51.2 Å². The molecule has 0 radical (unpaired) electrons. The fourth-order valence-corrected chi connectivity index (χ4v) is 2.29. The Balaban J connectivity index is 2.29. The molecular formula is C14H14BrClN2O2. The van der Waals surface area contributed by atoms with Gasteiger partial charge in [-0.05, 0) is 45.0 Å². The summed E-state index contributed by atoms with van der Waals surface area (Å²) in [4.78, 5) is 16.0. The van der Waals surface area contributed by atoms with Gasteiger partial charge in [0.05, 0.1) is 10.5 Å². The van der Waals surface area contributed by atoms with Crippen molar-refractivity contribution < 1.29 is 9.53 Å². The molecule has 1 heterocycles. The van der Waals surface area contributed by atoms with Crippen LogP contribution in [0.15, 0.2) is 28.7 Å². The maximum Gasteiger partial charge on any atom is 0.413 e. The molecule has 0 unspecified atom stereocenters. The summed E-state index contributed by atoms with van der Waals surface area (Å²) in [6.45, 7) is 5.40. The van der Waals surface area contributed by atoms with Gasteiger partial charge in [0, 0.05) is 9.86 Å². The monoisotopic (exact) mass is 356 g/mol. The Kier molecular flexibility index (Phi) is 4.20. The SMILES string of the molecule is CC(C)(C)OC(=O)Nc1ccc2c(Br)ccc(Cl)c2n1. The molecule has 106 valence electrons. The third-order valence-electron chi connectivity index (χ3n) is 2.38. The molecule has 2 aromatic rings. The third kappa shape index (κ3) is 3.61. The zero-order valence-corrected chi connectivity index (χ0v) is 13.7. The van der Waals surface area contributed by atoms with Crippen LogP contribution in [0.2, 0.25) is 5.02 Å². The van der Waals surface area contributed by atoms with Crippen molar-refractivity contribution in [3.63, 3.8) is 0 Å². The van der Waals surface area contributed by atoms with E-state index in [4.69, 9.17) is 16.3 Å². The van der Waals surface area contributed by atoms with Crippen LogP contribution in [-0.4, -0.2) is 16.7 Å². The fourth-order valence-electron chi connectivity index (χ4n) is 1.63. The molecule has 0 atom stereocenters. The van der Waals surface area contributed by atoms with E-state index in [0.29, 0.717) is 16.4 Å². The molecule has 1 amide bonds. The van der Waals surface area contributed by atoms with Crippen LogP contribution in [0.1, 0.15) is 20.8 Å². The lowest BCUT2D eigenvalue weighted by Gasteiger charge is -2.19. The highest BCUT2D eigenvalue weighted by molar-refractivity contribution is 9.10. The molecule has 0 fully saturated rings. The Hall–Kier alpha value is -1.33. The molecule has 6 heteroatoms. The van der Waals surface area contributed by atoms with E-state index in [0.717, 1.165) is 9.86 Å². The number of hydrogen-bond donors (Lipinski definition) is 1. The summed E-state index contributed by atoms with van der Waals surface area (Å²) in [5, 5.41) is 4.00. The van der Waals surface area contributed by atoms with Crippen LogP contribution in [0, 0.1) is 0 Å². The highest BCUT2D eigenvalue weighted by Gasteiger charge is 2.17. The van der Waals surface area contributed by atoms with Gasteiger partial charge in [-0.2, -0.15) is 0 Å². The molecule has 0 bridgehead atoms. The summed E-state index contributed by atoms with van der Waals surface area (Å²) in [7, 11) is 0. The molecule has 0 aliphatic carbocycles. The van der Waals surface area contributed by atoms with Crippen LogP contribution in [0.25, 0.3) is 10.9 Å². The highest BCUT2D eigenvalue weighted by atomic mass is 79.9. The van der Waals surface area contributed by atoms with Crippen LogP contribution >= 0.6 is 27.5 Å². The van der Waals surface area contributed by atoms with Gasteiger partial charge in [0.1, 0.15) is 11.4 Å². The summed E-state index contributed by atoms with van der Waals surface area (Å²) < 4.78 is 6.07. The lowest BCUT2D eigenvalue weighted by molar-refractivity contribution is 0.0635. The van der Waals surface area contributed by atoms with Crippen LogP contribution in [0.5, 0.6) is 0 Å². The second-order valence-corrected chi connectivity index (χ2v) is 6.51. The van der Waals surface area contributed by atoms with Gasteiger partial charge in [-0.1, -0.05) is 27.5 Å². The van der Waals surface area contributed by atoms with Crippen molar-refractivity contribution in [3.05, 3.63) is 33.8 Å². The Bertz CT molecular complexity index is 668. The van der Waals surface area contributed by atoms with Crippen molar-refractivity contribution in [3.8, 4) is 0 Å². The maximum atomic E-state index is 11.7. The molecule has 1 aromatic heterocycles. The summed E-state index contributed by atoms with van der Waals surface area (Å²) in [5.41, 5.74) is 0.0660. The van der Waals surface area contributed by atoms with E-state index in [1.165, 1.54) is 0 Å². The molecule has 4 nitrogen and oxygen atoms in total. The number of nitrogens with one attached hydrogen (secondary N) is 1. The van der Waals surface area contributed by atoms with Gasteiger partial charge in [0.2, 0.25) is 0 Å². The summed E-state index contributed by atoms with van der Waals surface area (Å²) in [6.07, 6.45) is -0.546. The van der Waals surface area contributed by atoms with Gasteiger partial charge in [-0.15, -0.1) is 0 Å². The van der Waals surface area contributed by atoms with Crippen LogP contribution < -0.4 is 5.32 Å². The Morgan fingerprint density at radius 2 is 2.00 bits per heavy atom. The van der Waals surface area contributed by atoms with Crippen molar-refractivity contribution in [2.75, 3.05) is 5.32 Å². The van der Waals surface area contributed by atoms with Crippen LogP contribution in [0.3, 0.4) is 0 Å². The van der Waals surface area contributed by atoms with E-state index >= 15 is 0 Å². The number of halogens is 2. The third-order valence-corrected chi connectivity index (χ3v) is 3.38. The summed E-state index contributed by atoms with van der Waals surface area (Å²) in [5.74, 6) is 0.395. The molecule has 20 heavy (non-hydrogen) atoms. The van der Waals surface area contributed by atoms with Gasteiger partial charge in [-0.25, -0.2) is 9.78 Å². The van der Waals surface area contributed by atoms with Gasteiger partial charge in [0.15, 0.2) is 0 Å². The van der Waals surface area contributed by atoms with Crippen LogP contribution in [-0.2, 0) is 4.74 Å². The number of hydrogen-bond acceptors (Lipinski definition) is 3. The first-order valence-corrected chi connectivity index (χ1v) is 7.18. The van der Waals surface area contributed by atoms with Crippen molar-refractivity contribution in [2.24, 2.45) is 0 Å². The molecule has 2 rings (SSSR count). The van der Waals surface area contributed by atoms with Gasteiger partial charge < -0.3 is 4.74 Å². The minimum Gasteiger partial charge on any atom is -0.444 e.